The van der Waals surface area contributed by atoms with Gasteiger partial charge in [-0.1, -0.05) is 59.6 Å². The third kappa shape index (κ3) is 3.15. The van der Waals surface area contributed by atoms with Crippen LogP contribution in [0.4, 0.5) is 0 Å². The van der Waals surface area contributed by atoms with Crippen LogP contribution >= 0.6 is 23.2 Å². The molecule has 0 atom stereocenters. The van der Waals surface area contributed by atoms with Crippen molar-refractivity contribution in [1.29, 1.82) is 0 Å². The molecule has 2 aromatic rings. The van der Waals surface area contributed by atoms with Crippen LogP contribution in [0.3, 0.4) is 0 Å². The third-order valence-corrected chi connectivity index (χ3v) is 6.48. The first kappa shape index (κ1) is 15.8. The summed E-state index contributed by atoms with van der Waals surface area (Å²) in [5.74, 6) is 0. The van der Waals surface area contributed by atoms with E-state index in [1.807, 2.05) is 30.3 Å². The second-order valence-electron chi connectivity index (χ2n) is 5.32. The van der Waals surface area contributed by atoms with Gasteiger partial charge in [-0.25, -0.2) is 8.42 Å². The van der Waals surface area contributed by atoms with Crippen LogP contribution in [0.1, 0.15) is 18.4 Å². The van der Waals surface area contributed by atoms with Crippen LogP contribution in [0.5, 0.6) is 0 Å². The molecule has 22 heavy (non-hydrogen) atoms. The van der Waals surface area contributed by atoms with Crippen molar-refractivity contribution in [2.24, 2.45) is 0 Å². The minimum atomic E-state index is -3.73. The van der Waals surface area contributed by atoms with Crippen molar-refractivity contribution in [3.8, 4) is 0 Å². The van der Waals surface area contributed by atoms with E-state index in [2.05, 4.69) is 0 Å². The highest BCUT2D eigenvalue weighted by Gasteiger charge is 2.39. The van der Waals surface area contributed by atoms with E-state index in [9.17, 15) is 8.42 Å². The van der Waals surface area contributed by atoms with Gasteiger partial charge in [0, 0.05) is 12.6 Å². The Morgan fingerprint density at radius 1 is 0.955 bits per heavy atom. The first-order chi connectivity index (χ1) is 10.5. The van der Waals surface area contributed by atoms with Crippen LogP contribution < -0.4 is 0 Å². The highest BCUT2D eigenvalue weighted by molar-refractivity contribution is 7.89. The van der Waals surface area contributed by atoms with E-state index in [0.29, 0.717) is 6.54 Å². The molecule has 1 aliphatic rings. The van der Waals surface area contributed by atoms with Gasteiger partial charge in [-0.2, -0.15) is 4.31 Å². The Kier molecular flexibility index (Phi) is 4.46. The smallest absolute Gasteiger partial charge is 0.207 e. The molecule has 0 radical (unpaired) electrons. The van der Waals surface area contributed by atoms with E-state index >= 15 is 0 Å². The van der Waals surface area contributed by atoms with Crippen molar-refractivity contribution in [3.05, 3.63) is 64.1 Å². The van der Waals surface area contributed by atoms with Gasteiger partial charge in [-0.05, 0) is 30.5 Å². The first-order valence-corrected chi connectivity index (χ1v) is 9.19. The summed E-state index contributed by atoms with van der Waals surface area (Å²) in [6.07, 6.45) is 1.74. The van der Waals surface area contributed by atoms with Crippen LogP contribution in [-0.4, -0.2) is 18.8 Å². The molecule has 0 aromatic heterocycles. The third-order valence-electron chi connectivity index (χ3n) is 3.62. The van der Waals surface area contributed by atoms with Crippen molar-refractivity contribution >= 4 is 33.2 Å². The molecule has 3 nitrogen and oxygen atoms in total. The summed E-state index contributed by atoms with van der Waals surface area (Å²) in [4.78, 5) is 0.00108. The molecular weight excluding hydrogens is 341 g/mol. The molecule has 6 heteroatoms. The average molecular weight is 356 g/mol. The quantitative estimate of drug-likeness (QED) is 0.799. The Morgan fingerprint density at radius 2 is 1.55 bits per heavy atom. The van der Waals surface area contributed by atoms with Gasteiger partial charge in [0.1, 0.15) is 4.90 Å². The number of halogens is 2. The topological polar surface area (TPSA) is 37.4 Å². The molecule has 1 saturated carbocycles. The van der Waals surface area contributed by atoms with Crippen LogP contribution in [-0.2, 0) is 16.6 Å². The van der Waals surface area contributed by atoms with Gasteiger partial charge < -0.3 is 0 Å². The molecular formula is C16H15Cl2NO2S. The second-order valence-corrected chi connectivity index (χ2v) is 7.96. The SMILES string of the molecule is O=S(=O)(c1c(Cl)cccc1Cl)N(Cc1ccccc1)C1CC1. The summed E-state index contributed by atoms with van der Waals surface area (Å²) in [5, 5.41) is 0.317. The monoisotopic (exact) mass is 355 g/mol. The minimum Gasteiger partial charge on any atom is -0.207 e. The van der Waals surface area contributed by atoms with Crippen LogP contribution in [0.2, 0.25) is 10.0 Å². The minimum absolute atomic E-state index is 0.00108. The Bertz CT molecular complexity index is 754. The fraction of sp³-hybridized carbons (Fsp3) is 0.250. The van der Waals surface area contributed by atoms with Crippen LogP contribution in [0.25, 0.3) is 0 Å². The summed E-state index contributed by atoms with van der Waals surface area (Å²) in [6.45, 7) is 0.329. The van der Waals surface area contributed by atoms with Crippen LogP contribution in [0.15, 0.2) is 53.4 Å². The number of rotatable bonds is 5. The van der Waals surface area contributed by atoms with Crippen molar-refractivity contribution in [2.45, 2.75) is 30.3 Å². The summed E-state index contributed by atoms with van der Waals surface area (Å²) in [5.41, 5.74) is 0.946. The van der Waals surface area contributed by atoms with Gasteiger partial charge in [0.2, 0.25) is 10.0 Å². The van der Waals surface area contributed by atoms with E-state index < -0.39 is 10.0 Å². The molecule has 3 rings (SSSR count). The molecule has 0 spiro atoms. The number of hydrogen-bond acceptors (Lipinski definition) is 2. The van der Waals surface area contributed by atoms with Gasteiger partial charge in [0.25, 0.3) is 0 Å². The molecule has 0 heterocycles. The lowest BCUT2D eigenvalue weighted by Crippen LogP contribution is -2.33. The number of sulfonamides is 1. The van der Waals surface area contributed by atoms with Gasteiger partial charge in [-0.15, -0.1) is 0 Å². The van der Waals surface area contributed by atoms with Gasteiger partial charge in [0.05, 0.1) is 10.0 Å². The van der Waals surface area contributed by atoms with E-state index in [4.69, 9.17) is 23.2 Å². The van der Waals surface area contributed by atoms with E-state index in [0.717, 1.165) is 18.4 Å². The maximum absolute atomic E-state index is 13.0. The lowest BCUT2D eigenvalue weighted by molar-refractivity contribution is 0.398. The second kappa shape index (κ2) is 6.20. The molecule has 2 aromatic carbocycles. The fourth-order valence-corrected chi connectivity index (χ4v) is 5.15. The maximum Gasteiger partial charge on any atom is 0.246 e. The van der Waals surface area contributed by atoms with Crippen molar-refractivity contribution in [2.75, 3.05) is 0 Å². The zero-order chi connectivity index (χ0) is 15.7. The first-order valence-electron chi connectivity index (χ1n) is 7.00. The highest BCUT2D eigenvalue weighted by Crippen LogP contribution is 2.38. The molecule has 0 saturated heterocycles. The molecule has 1 aliphatic carbocycles. The lowest BCUT2D eigenvalue weighted by atomic mass is 10.2. The Hall–Kier alpha value is -1.07. The Balaban J connectivity index is 2.01. The normalized spacial score (nSPS) is 15.2. The Labute approximate surface area is 140 Å². The van der Waals surface area contributed by atoms with E-state index in [-0.39, 0.29) is 21.0 Å². The van der Waals surface area contributed by atoms with Gasteiger partial charge in [0.15, 0.2) is 0 Å². The molecule has 0 amide bonds. The lowest BCUT2D eigenvalue weighted by Gasteiger charge is -2.23. The maximum atomic E-state index is 13.0. The zero-order valence-corrected chi connectivity index (χ0v) is 14.1. The largest absolute Gasteiger partial charge is 0.246 e. The predicted octanol–water partition coefficient (Wildman–Crippen LogP) is 4.35. The van der Waals surface area contributed by atoms with Gasteiger partial charge >= 0.3 is 0 Å². The fourth-order valence-electron chi connectivity index (χ4n) is 2.38. The molecule has 0 bridgehead atoms. The van der Waals surface area contributed by atoms with Crippen molar-refractivity contribution in [3.63, 3.8) is 0 Å². The summed E-state index contributed by atoms with van der Waals surface area (Å²) < 4.78 is 27.5. The summed E-state index contributed by atoms with van der Waals surface area (Å²) in [7, 11) is -3.73. The molecule has 116 valence electrons. The molecule has 0 N–H and O–H groups in total. The molecule has 1 fully saturated rings. The summed E-state index contributed by atoms with van der Waals surface area (Å²) in [6, 6.07) is 14.3. The Morgan fingerprint density at radius 3 is 2.09 bits per heavy atom. The highest BCUT2D eigenvalue weighted by atomic mass is 35.5. The standard InChI is InChI=1S/C16H15Cl2NO2S/c17-14-7-4-8-15(18)16(14)22(20,21)19(13-9-10-13)11-12-5-2-1-3-6-12/h1-8,13H,9-11H2. The molecule has 0 aliphatic heterocycles. The number of hydrogen-bond donors (Lipinski definition) is 0. The van der Waals surface area contributed by atoms with Crippen molar-refractivity contribution in [1.82, 2.24) is 4.31 Å². The van der Waals surface area contributed by atoms with Crippen molar-refractivity contribution < 1.29 is 8.42 Å². The number of nitrogens with zero attached hydrogens (tertiary/aromatic N) is 1. The summed E-state index contributed by atoms with van der Waals surface area (Å²) >= 11 is 12.2. The van der Waals surface area contributed by atoms with Gasteiger partial charge in [-0.3, -0.25) is 0 Å². The number of benzene rings is 2. The van der Waals surface area contributed by atoms with E-state index in [1.165, 1.54) is 4.31 Å². The van der Waals surface area contributed by atoms with Crippen LogP contribution in [0, 0.1) is 0 Å². The van der Waals surface area contributed by atoms with E-state index in [1.54, 1.807) is 18.2 Å². The molecule has 0 unspecified atom stereocenters. The zero-order valence-electron chi connectivity index (χ0n) is 11.7. The average Bonchev–Trinajstić information content (AvgIpc) is 3.29. The predicted molar refractivity (Wildman–Crippen MR) is 88.7 cm³/mol.